The van der Waals surface area contributed by atoms with Crippen LogP contribution in [0.4, 0.5) is 0 Å². The lowest BCUT2D eigenvalue weighted by molar-refractivity contribution is 0.899. The van der Waals surface area contributed by atoms with Crippen molar-refractivity contribution in [3.05, 3.63) is 42.3 Å². The molecule has 1 heteroatoms. The van der Waals surface area contributed by atoms with E-state index in [-0.39, 0.29) is 0 Å². The van der Waals surface area contributed by atoms with Gasteiger partial charge in [0.1, 0.15) is 0 Å². The summed E-state index contributed by atoms with van der Waals surface area (Å²) in [5.41, 5.74) is 4.59. The highest BCUT2D eigenvalue weighted by molar-refractivity contribution is 5.70. The zero-order chi connectivity index (χ0) is 10.0. The highest BCUT2D eigenvalue weighted by Gasteiger charge is 2.10. The summed E-state index contributed by atoms with van der Waals surface area (Å²) in [4.78, 5) is 0. The van der Waals surface area contributed by atoms with Gasteiger partial charge in [0, 0.05) is 24.0 Å². The lowest BCUT2D eigenvalue weighted by atomic mass is 10.1. The average molecular weight is 173 g/mol. The molecule has 1 rings (SSSR count). The second-order valence-corrected chi connectivity index (χ2v) is 2.98. The maximum absolute atomic E-state index is 3.79. The van der Waals surface area contributed by atoms with Gasteiger partial charge in [-0.2, -0.15) is 0 Å². The number of rotatable bonds is 3. The van der Waals surface area contributed by atoms with E-state index in [1.54, 1.807) is 0 Å². The lowest BCUT2D eigenvalue weighted by Gasteiger charge is -2.00. The molecule has 0 fully saturated rings. The fraction of sp³-hybridized carbons (Fsp3) is 0.167. The summed E-state index contributed by atoms with van der Waals surface area (Å²) in [5, 5.41) is 0. The third-order valence-corrected chi connectivity index (χ3v) is 2.38. The zero-order valence-corrected chi connectivity index (χ0v) is 8.30. The predicted molar refractivity (Wildman–Crippen MR) is 60.4 cm³/mol. The third kappa shape index (κ3) is 1.26. The molecular formula is C12H15N. The summed E-state index contributed by atoms with van der Waals surface area (Å²) in [5.74, 6) is 0. The smallest absolute Gasteiger partial charge is 0.0479 e. The lowest BCUT2D eigenvalue weighted by Crippen LogP contribution is -1.93. The molecule has 1 aromatic rings. The van der Waals surface area contributed by atoms with E-state index in [9.17, 15) is 0 Å². The summed E-state index contributed by atoms with van der Waals surface area (Å²) in [6.07, 6.45) is 5.56. The highest BCUT2D eigenvalue weighted by atomic mass is 15.0. The molecule has 0 atom stereocenters. The minimum Gasteiger partial charge on any atom is -0.344 e. The van der Waals surface area contributed by atoms with Crippen LogP contribution >= 0.6 is 0 Å². The Kier molecular flexibility index (Phi) is 2.57. The number of aromatic nitrogens is 1. The van der Waals surface area contributed by atoms with Crippen LogP contribution in [0.3, 0.4) is 0 Å². The first-order valence-corrected chi connectivity index (χ1v) is 4.24. The first-order valence-electron chi connectivity index (χ1n) is 4.24. The van der Waals surface area contributed by atoms with Crippen molar-refractivity contribution in [3.63, 3.8) is 0 Å². The minimum absolute atomic E-state index is 1.10. The molecule has 13 heavy (non-hydrogen) atoms. The van der Waals surface area contributed by atoms with Crippen molar-refractivity contribution in [2.24, 2.45) is 7.05 Å². The summed E-state index contributed by atoms with van der Waals surface area (Å²) < 4.78 is 2.08. The molecule has 0 aromatic carbocycles. The van der Waals surface area contributed by atoms with Crippen molar-refractivity contribution < 1.29 is 0 Å². The van der Waals surface area contributed by atoms with Crippen LogP contribution in [0.1, 0.15) is 22.5 Å². The molecule has 1 heterocycles. The van der Waals surface area contributed by atoms with E-state index in [4.69, 9.17) is 0 Å². The second-order valence-electron chi connectivity index (χ2n) is 2.98. The molecule has 0 saturated carbocycles. The van der Waals surface area contributed by atoms with Crippen LogP contribution in [0.25, 0.3) is 18.2 Å². The molecule has 0 unspecified atom stereocenters. The van der Waals surface area contributed by atoms with Crippen molar-refractivity contribution in [1.29, 1.82) is 0 Å². The topological polar surface area (TPSA) is 4.93 Å². The Hall–Kier alpha value is -1.50. The minimum atomic E-state index is 1.10. The predicted octanol–water partition coefficient (Wildman–Crippen LogP) is 3.26. The zero-order valence-electron chi connectivity index (χ0n) is 8.30. The molecule has 68 valence electrons. The molecule has 1 aromatic heterocycles. The molecule has 0 N–H and O–H groups in total. The van der Waals surface area contributed by atoms with E-state index in [1.165, 1.54) is 5.56 Å². The molecular weight excluding hydrogens is 158 g/mol. The van der Waals surface area contributed by atoms with Gasteiger partial charge in [0.25, 0.3) is 0 Å². The van der Waals surface area contributed by atoms with Crippen molar-refractivity contribution in [2.75, 3.05) is 0 Å². The van der Waals surface area contributed by atoms with Crippen LogP contribution in [0.5, 0.6) is 0 Å². The van der Waals surface area contributed by atoms with Crippen LogP contribution in [0.15, 0.2) is 19.7 Å². The standard InChI is InChI=1S/C12H15N/c1-6-10-9(4)11(7-2)13(5)12(10)8-3/h6-8H,1-3H2,4-5H3. The van der Waals surface area contributed by atoms with Crippen LogP contribution in [0.2, 0.25) is 0 Å². The van der Waals surface area contributed by atoms with Crippen LogP contribution in [-0.2, 0) is 7.05 Å². The third-order valence-electron chi connectivity index (χ3n) is 2.38. The van der Waals surface area contributed by atoms with Crippen LogP contribution in [-0.4, -0.2) is 4.57 Å². The van der Waals surface area contributed by atoms with E-state index in [0.717, 1.165) is 17.0 Å². The number of hydrogen-bond donors (Lipinski definition) is 0. The molecule has 0 aliphatic rings. The number of hydrogen-bond acceptors (Lipinski definition) is 0. The molecule has 0 radical (unpaired) electrons. The van der Waals surface area contributed by atoms with Gasteiger partial charge in [0.05, 0.1) is 0 Å². The van der Waals surface area contributed by atoms with E-state index in [0.29, 0.717) is 0 Å². The summed E-state index contributed by atoms with van der Waals surface area (Å²) in [6.45, 7) is 13.4. The van der Waals surface area contributed by atoms with E-state index >= 15 is 0 Å². The maximum Gasteiger partial charge on any atom is 0.0479 e. The van der Waals surface area contributed by atoms with Crippen LogP contribution in [0, 0.1) is 6.92 Å². The fourth-order valence-electron chi connectivity index (χ4n) is 1.69. The molecule has 0 aliphatic heterocycles. The Morgan fingerprint density at radius 2 is 1.54 bits per heavy atom. The molecule has 0 aliphatic carbocycles. The quantitative estimate of drug-likeness (QED) is 0.661. The van der Waals surface area contributed by atoms with Gasteiger partial charge >= 0.3 is 0 Å². The van der Waals surface area contributed by atoms with Gasteiger partial charge in [-0.05, 0) is 24.6 Å². The van der Waals surface area contributed by atoms with Crippen molar-refractivity contribution in [1.82, 2.24) is 4.57 Å². The molecule has 1 nitrogen and oxygen atoms in total. The molecule has 0 bridgehead atoms. The van der Waals surface area contributed by atoms with Gasteiger partial charge < -0.3 is 4.57 Å². The van der Waals surface area contributed by atoms with Crippen LogP contribution < -0.4 is 0 Å². The highest BCUT2D eigenvalue weighted by Crippen LogP contribution is 2.24. The summed E-state index contributed by atoms with van der Waals surface area (Å²) in [7, 11) is 2.01. The van der Waals surface area contributed by atoms with Crippen molar-refractivity contribution in [2.45, 2.75) is 6.92 Å². The van der Waals surface area contributed by atoms with Gasteiger partial charge in [-0.3, -0.25) is 0 Å². The largest absolute Gasteiger partial charge is 0.344 e. The fourth-order valence-corrected chi connectivity index (χ4v) is 1.69. The Morgan fingerprint density at radius 1 is 1.00 bits per heavy atom. The van der Waals surface area contributed by atoms with Gasteiger partial charge in [-0.15, -0.1) is 0 Å². The van der Waals surface area contributed by atoms with Gasteiger partial charge in [0.15, 0.2) is 0 Å². The summed E-state index contributed by atoms with van der Waals surface area (Å²) >= 11 is 0. The van der Waals surface area contributed by atoms with E-state index < -0.39 is 0 Å². The van der Waals surface area contributed by atoms with Crippen molar-refractivity contribution >= 4 is 18.2 Å². The Labute approximate surface area is 79.7 Å². The normalized spacial score (nSPS) is 9.69. The Balaban J connectivity index is 3.59. The van der Waals surface area contributed by atoms with Gasteiger partial charge in [-0.1, -0.05) is 25.8 Å². The Morgan fingerprint density at radius 3 is 1.85 bits per heavy atom. The van der Waals surface area contributed by atoms with Gasteiger partial charge in [0.2, 0.25) is 0 Å². The van der Waals surface area contributed by atoms with Crippen molar-refractivity contribution in [3.8, 4) is 0 Å². The number of nitrogens with zero attached hydrogens (tertiary/aromatic N) is 1. The van der Waals surface area contributed by atoms with E-state index in [2.05, 4.69) is 31.2 Å². The summed E-state index contributed by atoms with van der Waals surface area (Å²) in [6, 6.07) is 0. The maximum atomic E-state index is 3.79. The molecule has 0 saturated heterocycles. The monoisotopic (exact) mass is 173 g/mol. The Bertz CT molecular complexity index is 335. The van der Waals surface area contributed by atoms with Gasteiger partial charge in [-0.25, -0.2) is 0 Å². The molecule has 0 amide bonds. The molecule has 0 spiro atoms. The first-order chi connectivity index (χ1) is 6.17. The van der Waals surface area contributed by atoms with E-state index in [1.807, 2.05) is 25.3 Å². The average Bonchev–Trinajstić information content (AvgIpc) is 2.36. The SMILES string of the molecule is C=Cc1c(C)c(C=C)n(C)c1C=C. The first kappa shape index (κ1) is 9.59. The second kappa shape index (κ2) is 3.48.